The van der Waals surface area contributed by atoms with Crippen LogP contribution in [0.25, 0.3) is 55.4 Å². The Morgan fingerprint density at radius 1 is 0.422 bits per heavy atom. The second-order valence-electron chi connectivity index (χ2n) is 11.2. The lowest BCUT2D eigenvalue weighted by molar-refractivity contribution is 1.10. The van der Waals surface area contributed by atoms with Crippen LogP contribution in [0.4, 0.5) is 17.1 Å². The van der Waals surface area contributed by atoms with Gasteiger partial charge < -0.3 is 4.90 Å². The molecule has 0 aliphatic carbocycles. The summed E-state index contributed by atoms with van der Waals surface area (Å²) < 4.78 is 4.52. The number of hydrogen-bond acceptors (Lipinski definition) is 3. The van der Waals surface area contributed by atoms with Crippen molar-refractivity contribution in [3.63, 3.8) is 0 Å². The lowest BCUT2D eigenvalue weighted by Crippen LogP contribution is -2.10. The highest BCUT2D eigenvalue weighted by atomic mass is 15.2. The van der Waals surface area contributed by atoms with Crippen molar-refractivity contribution >= 4 is 61.1 Å². The number of pyridine rings is 2. The lowest BCUT2D eigenvalue weighted by atomic mass is 10.1. The maximum atomic E-state index is 5.47. The summed E-state index contributed by atoms with van der Waals surface area (Å²) >= 11 is 0. The summed E-state index contributed by atoms with van der Waals surface area (Å²) in [4.78, 5) is 12.6. The number of nitrogens with zero attached hydrogens (tertiary/aromatic N) is 5. The predicted molar refractivity (Wildman–Crippen MR) is 185 cm³/mol. The Bertz CT molecular complexity index is 2440. The fourth-order valence-corrected chi connectivity index (χ4v) is 6.59. The van der Waals surface area contributed by atoms with Crippen molar-refractivity contribution in [1.29, 1.82) is 0 Å². The molecule has 0 saturated heterocycles. The molecular formula is C40H27N5. The lowest BCUT2D eigenvalue weighted by Gasteiger charge is -2.26. The van der Waals surface area contributed by atoms with Gasteiger partial charge in [-0.1, -0.05) is 78.9 Å². The van der Waals surface area contributed by atoms with Crippen LogP contribution < -0.4 is 4.90 Å². The predicted octanol–water partition coefficient (Wildman–Crippen LogP) is 10.1. The molecule has 0 bridgehead atoms. The third-order valence-electron chi connectivity index (χ3n) is 8.51. The number of benzene rings is 5. The Morgan fingerprint density at radius 3 is 1.76 bits per heavy atom. The first-order valence-electron chi connectivity index (χ1n) is 15.1. The molecule has 212 valence electrons. The molecule has 9 rings (SSSR count). The monoisotopic (exact) mass is 577 g/mol. The van der Waals surface area contributed by atoms with Crippen molar-refractivity contribution in [2.45, 2.75) is 0 Å². The number of fused-ring (bicyclic) bond motifs is 6. The molecule has 0 atom stereocenters. The molecule has 4 heterocycles. The van der Waals surface area contributed by atoms with E-state index in [9.17, 15) is 0 Å². The van der Waals surface area contributed by atoms with E-state index in [1.807, 2.05) is 18.3 Å². The van der Waals surface area contributed by atoms with E-state index in [0.717, 1.165) is 72.4 Å². The quantitative estimate of drug-likeness (QED) is 0.204. The molecule has 0 radical (unpaired) electrons. The van der Waals surface area contributed by atoms with E-state index in [2.05, 4.69) is 160 Å². The van der Waals surface area contributed by atoms with Crippen molar-refractivity contribution in [2.75, 3.05) is 4.90 Å². The van der Waals surface area contributed by atoms with Crippen LogP contribution in [-0.2, 0) is 0 Å². The molecule has 0 unspecified atom stereocenters. The van der Waals surface area contributed by atoms with Crippen LogP contribution in [0, 0.1) is 0 Å². The Labute approximate surface area is 259 Å². The molecule has 0 N–H and O–H groups in total. The first kappa shape index (κ1) is 25.3. The van der Waals surface area contributed by atoms with Crippen LogP contribution in [-0.4, -0.2) is 19.1 Å². The van der Waals surface area contributed by atoms with E-state index in [1.54, 1.807) is 0 Å². The zero-order valence-electron chi connectivity index (χ0n) is 24.3. The number of rotatable bonds is 5. The zero-order chi connectivity index (χ0) is 29.7. The SMILES string of the molecule is c1ccc(N(c2ccccc2)c2cccc(-n3c4ccccc4c4cc5c6ncccc6n(-c6ccccc6)c5nc43)c2)cc1. The van der Waals surface area contributed by atoms with E-state index in [4.69, 9.17) is 9.97 Å². The minimum atomic E-state index is 0.887. The van der Waals surface area contributed by atoms with E-state index in [-0.39, 0.29) is 0 Å². The minimum absolute atomic E-state index is 0.887. The van der Waals surface area contributed by atoms with Gasteiger partial charge in [0.2, 0.25) is 0 Å². The zero-order valence-corrected chi connectivity index (χ0v) is 24.3. The Kier molecular flexibility index (Phi) is 5.74. The van der Waals surface area contributed by atoms with Crippen LogP contribution in [0.1, 0.15) is 0 Å². The van der Waals surface area contributed by atoms with E-state index in [0.29, 0.717) is 0 Å². The van der Waals surface area contributed by atoms with E-state index < -0.39 is 0 Å². The molecule has 4 aromatic heterocycles. The smallest absolute Gasteiger partial charge is 0.149 e. The fraction of sp³-hybridized carbons (Fsp3) is 0. The molecule has 5 heteroatoms. The van der Waals surface area contributed by atoms with Gasteiger partial charge >= 0.3 is 0 Å². The molecule has 0 fully saturated rings. The summed E-state index contributed by atoms with van der Waals surface area (Å²) in [5.74, 6) is 0. The standard InChI is InChI=1S/C40H27N5/c1-4-14-28(15-5-1)43(29-16-6-2-7-17-29)31-20-12-21-32(26-31)45-36-23-11-10-22-33(36)34-27-35-38-37(24-13-25-41-38)44(40(35)42-39(34)45)30-18-8-3-9-19-30/h1-27H. The highest BCUT2D eigenvalue weighted by Gasteiger charge is 2.21. The van der Waals surface area contributed by atoms with Gasteiger partial charge in [-0.25, -0.2) is 4.98 Å². The third kappa shape index (κ3) is 4.02. The van der Waals surface area contributed by atoms with Gasteiger partial charge in [-0.2, -0.15) is 0 Å². The summed E-state index contributed by atoms with van der Waals surface area (Å²) in [5, 5.41) is 3.30. The maximum Gasteiger partial charge on any atom is 0.149 e. The molecule has 5 aromatic carbocycles. The van der Waals surface area contributed by atoms with E-state index >= 15 is 0 Å². The second kappa shape index (κ2) is 10.2. The Balaban J connectivity index is 1.34. The molecule has 0 saturated carbocycles. The molecular weight excluding hydrogens is 550 g/mol. The molecule has 0 aliphatic rings. The Hall–Kier alpha value is -6.20. The molecule has 45 heavy (non-hydrogen) atoms. The van der Waals surface area contributed by atoms with Gasteiger partial charge in [0.25, 0.3) is 0 Å². The van der Waals surface area contributed by atoms with Crippen molar-refractivity contribution in [3.8, 4) is 11.4 Å². The molecule has 0 spiro atoms. The van der Waals surface area contributed by atoms with Crippen LogP contribution in [0.2, 0.25) is 0 Å². The van der Waals surface area contributed by atoms with Crippen LogP contribution in [0.3, 0.4) is 0 Å². The molecule has 5 nitrogen and oxygen atoms in total. The topological polar surface area (TPSA) is 38.9 Å². The van der Waals surface area contributed by atoms with Crippen molar-refractivity contribution in [2.24, 2.45) is 0 Å². The van der Waals surface area contributed by atoms with Crippen molar-refractivity contribution in [1.82, 2.24) is 19.1 Å². The Morgan fingerprint density at radius 2 is 1.00 bits per heavy atom. The minimum Gasteiger partial charge on any atom is -0.310 e. The van der Waals surface area contributed by atoms with E-state index in [1.165, 1.54) is 0 Å². The highest BCUT2D eigenvalue weighted by Crippen LogP contribution is 2.39. The normalized spacial score (nSPS) is 11.6. The summed E-state index contributed by atoms with van der Waals surface area (Å²) in [6.07, 6.45) is 1.86. The number of hydrogen-bond donors (Lipinski definition) is 0. The van der Waals surface area contributed by atoms with Gasteiger partial charge in [-0.3, -0.25) is 14.1 Å². The maximum absolute atomic E-state index is 5.47. The number of anilines is 3. The first-order chi connectivity index (χ1) is 22.3. The average Bonchev–Trinajstić information content (AvgIpc) is 3.61. The number of aromatic nitrogens is 4. The van der Waals surface area contributed by atoms with Gasteiger partial charge in [0.15, 0.2) is 0 Å². The van der Waals surface area contributed by atoms with Gasteiger partial charge in [-0.05, 0) is 78.9 Å². The summed E-state index contributed by atoms with van der Waals surface area (Å²) in [6.45, 7) is 0. The van der Waals surface area contributed by atoms with Gasteiger partial charge in [-0.15, -0.1) is 0 Å². The summed E-state index contributed by atoms with van der Waals surface area (Å²) in [7, 11) is 0. The van der Waals surface area contributed by atoms with Gasteiger partial charge in [0.1, 0.15) is 11.3 Å². The van der Waals surface area contributed by atoms with Crippen LogP contribution in [0.15, 0.2) is 164 Å². The van der Waals surface area contributed by atoms with Crippen molar-refractivity contribution in [3.05, 3.63) is 164 Å². The summed E-state index contributed by atoms with van der Waals surface area (Å²) in [6, 6.07) is 55.1. The molecule has 9 aromatic rings. The molecule has 0 aliphatic heterocycles. The van der Waals surface area contributed by atoms with Gasteiger partial charge in [0.05, 0.1) is 16.6 Å². The summed E-state index contributed by atoms with van der Waals surface area (Å²) in [5.41, 5.74) is 10.3. The van der Waals surface area contributed by atoms with Gasteiger partial charge in [0, 0.05) is 50.8 Å². The second-order valence-corrected chi connectivity index (χ2v) is 11.2. The molecule has 0 amide bonds. The van der Waals surface area contributed by atoms with Crippen LogP contribution in [0.5, 0.6) is 0 Å². The van der Waals surface area contributed by atoms with Crippen molar-refractivity contribution < 1.29 is 0 Å². The number of para-hydroxylation sites is 4. The first-order valence-corrected chi connectivity index (χ1v) is 15.1. The van der Waals surface area contributed by atoms with Crippen LogP contribution >= 0.6 is 0 Å². The highest BCUT2D eigenvalue weighted by molar-refractivity contribution is 6.15. The fourth-order valence-electron chi connectivity index (χ4n) is 6.59. The largest absolute Gasteiger partial charge is 0.310 e. The third-order valence-corrected chi connectivity index (χ3v) is 8.51. The average molecular weight is 578 g/mol.